The molecule has 44 heavy (non-hydrogen) atoms. The van der Waals surface area contributed by atoms with Crippen LogP contribution in [-0.2, 0) is 28.8 Å². The number of carbonyl (C=O) groups excluding carboxylic acids is 6. The topological polar surface area (TPSA) is 239 Å². The van der Waals surface area contributed by atoms with Gasteiger partial charge in [0.2, 0.25) is 35.4 Å². The first-order valence-electron chi connectivity index (χ1n) is 14.1. The van der Waals surface area contributed by atoms with Crippen LogP contribution in [0.4, 0.5) is 11.4 Å². The van der Waals surface area contributed by atoms with Gasteiger partial charge >= 0.3 is 0 Å². The Morgan fingerprint density at radius 2 is 1.07 bits per heavy atom. The van der Waals surface area contributed by atoms with Crippen LogP contribution in [0.25, 0.3) is 0 Å². The minimum Gasteiger partial charge on any atom is -0.394 e. The van der Waals surface area contributed by atoms with Crippen molar-refractivity contribution in [2.24, 2.45) is 0 Å². The van der Waals surface area contributed by atoms with Gasteiger partial charge in [-0.25, -0.2) is 0 Å². The van der Waals surface area contributed by atoms with E-state index < -0.39 is 72.8 Å². The minimum atomic E-state index is -1.15. The van der Waals surface area contributed by atoms with E-state index in [1.807, 2.05) is 0 Å². The van der Waals surface area contributed by atoms with E-state index in [4.69, 9.17) is 0 Å². The van der Waals surface area contributed by atoms with Crippen LogP contribution < -0.4 is 42.5 Å². The lowest BCUT2D eigenvalue weighted by Gasteiger charge is -2.18. The molecule has 16 nitrogen and oxygen atoms in total. The smallest absolute Gasteiger partial charge is 0.244 e. The Hall–Kier alpha value is -4.64. The monoisotopic (exact) mass is 614 g/mol. The van der Waals surface area contributed by atoms with Gasteiger partial charge in [-0.1, -0.05) is 24.3 Å². The summed E-state index contributed by atoms with van der Waals surface area (Å²) in [6.45, 7) is -0.171. The van der Waals surface area contributed by atoms with Crippen molar-refractivity contribution in [2.45, 2.75) is 37.0 Å². The van der Waals surface area contributed by atoms with E-state index in [0.717, 1.165) is 0 Å². The van der Waals surface area contributed by atoms with Gasteiger partial charge in [-0.3, -0.25) is 39.4 Å². The first-order valence-corrected chi connectivity index (χ1v) is 14.1. The fraction of sp³-hybridized carbons (Fsp3) is 0.429. The summed E-state index contributed by atoms with van der Waals surface area (Å²) in [6.07, 6.45) is 6.74. The van der Waals surface area contributed by atoms with Crippen LogP contribution in [-0.4, -0.2) is 109 Å². The Bertz CT molecular complexity index is 1160. The standard InChI is InChI=1S/C28H38N8O8/c37-15-21(35-27(43)19-3-1-11-29-19)25(41)31-13-9-23(39)33-17-5-7-18(8-6-17)34-24(40)10-14-32-26(42)22(16-38)36-28(44)20-4-2-12-30-20/h1-8,19-22,29-30,37-38H,9-16H2,(H,31,41)(H,32,42)(H,33,39)(H,34,40)(H,35,43)(H,36,44)/t19-,20+,21-,22-/m0/s1. The van der Waals surface area contributed by atoms with Gasteiger partial charge < -0.3 is 42.1 Å². The number of nitrogens with one attached hydrogen (secondary N) is 8. The number of amides is 6. The van der Waals surface area contributed by atoms with Gasteiger partial charge in [-0.2, -0.15) is 0 Å². The molecule has 2 heterocycles. The molecule has 0 fully saturated rings. The van der Waals surface area contributed by atoms with Crippen molar-refractivity contribution in [3.8, 4) is 0 Å². The quantitative estimate of drug-likeness (QED) is 0.0828. The fourth-order valence-electron chi connectivity index (χ4n) is 4.13. The highest BCUT2D eigenvalue weighted by Crippen LogP contribution is 2.14. The van der Waals surface area contributed by atoms with E-state index in [1.165, 1.54) is 0 Å². The molecule has 238 valence electrons. The molecule has 4 atom stereocenters. The average Bonchev–Trinajstić information content (AvgIpc) is 3.75. The summed E-state index contributed by atoms with van der Waals surface area (Å²) in [7, 11) is 0. The predicted octanol–water partition coefficient (Wildman–Crippen LogP) is -3.41. The molecule has 0 saturated carbocycles. The van der Waals surface area contributed by atoms with Crippen LogP contribution in [0.15, 0.2) is 48.6 Å². The number of hydrogen-bond donors (Lipinski definition) is 10. The highest BCUT2D eigenvalue weighted by atomic mass is 16.3. The van der Waals surface area contributed by atoms with Crippen molar-refractivity contribution in [3.63, 3.8) is 0 Å². The summed E-state index contributed by atoms with van der Waals surface area (Å²) in [5.41, 5.74) is 0.897. The molecule has 0 spiro atoms. The average molecular weight is 615 g/mol. The zero-order valence-corrected chi connectivity index (χ0v) is 23.9. The Labute approximate surface area is 253 Å². The van der Waals surface area contributed by atoms with Gasteiger partial charge in [-0.05, 0) is 24.3 Å². The van der Waals surface area contributed by atoms with E-state index in [2.05, 4.69) is 42.5 Å². The minimum absolute atomic E-state index is 0.0240. The van der Waals surface area contributed by atoms with Crippen molar-refractivity contribution < 1.29 is 39.0 Å². The molecule has 2 aliphatic heterocycles. The van der Waals surface area contributed by atoms with Gasteiger partial charge in [0.15, 0.2) is 0 Å². The number of anilines is 2. The van der Waals surface area contributed by atoms with Crippen LogP contribution in [0.3, 0.4) is 0 Å². The van der Waals surface area contributed by atoms with Gasteiger partial charge in [0, 0.05) is 50.4 Å². The number of hydrogen-bond acceptors (Lipinski definition) is 10. The molecular formula is C28H38N8O8. The molecule has 16 heteroatoms. The van der Waals surface area contributed by atoms with Crippen LogP contribution >= 0.6 is 0 Å². The lowest BCUT2D eigenvalue weighted by Crippen LogP contribution is -2.53. The molecule has 3 rings (SSSR count). The van der Waals surface area contributed by atoms with Crippen molar-refractivity contribution in [1.29, 1.82) is 0 Å². The molecule has 1 aromatic rings. The second kappa shape index (κ2) is 17.5. The van der Waals surface area contributed by atoms with E-state index in [9.17, 15) is 39.0 Å². The maximum absolute atomic E-state index is 12.3. The summed E-state index contributed by atoms with van der Waals surface area (Å²) < 4.78 is 0. The van der Waals surface area contributed by atoms with Gasteiger partial charge in [0.25, 0.3) is 0 Å². The van der Waals surface area contributed by atoms with Gasteiger partial charge in [-0.15, -0.1) is 0 Å². The first kappa shape index (κ1) is 33.9. The normalized spacial score (nSPS) is 18.1. The third-order valence-electron chi connectivity index (χ3n) is 6.52. The van der Waals surface area contributed by atoms with Crippen molar-refractivity contribution in [2.75, 3.05) is 50.0 Å². The zero-order chi connectivity index (χ0) is 31.9. The highest BCUT2D eigenvalue weighted by Gasteiger charge is 2.26. The number of aliphatic hydroxyl groups is 2. The molecule has 0 saturated heterocycles. The molecule has 0 aliphatic carbocycles. The third kappa shape index (κ3) is 10.9. The van der Waals surface area contributed by atoms with E-state index in [1.54, 1.807) is 48.6 Å². The molecule has 2 aliphatic rings. The van der Waals surface area contributed by atoms with E-state index in [0.29, 0.717) is 24.5 Å². The van der Waals surface area contributed by atoms with Crippen LogP contribution in [0.1, 0.15) is 12.8 Å². The molecule has 0 radical (unpaired) electrons. The highest BCUT2D eigenvalue weighted by molar-refractivity contribution is 5.95. The largest absolute Gasteiger partial charge is 0.394 e. The first-order chi connectivity index (χ1) is 21.2. The third-order valence-corrected chi connectivity index (χ3v) is 6.52. The lowest BCUT2D eigenvalue weighted by molar-refractivity contribution is -0.130. The lowest BCUT2D eigenvalue weighted by atomic mass is 10.2. The number of benzene rings is 1. The number of aliphatic hydroxyl groups excluding tert-OH is 2. The van der Waals surface area contributed by atoms with Crippen molar-refractivity contribution in [3.05, 3.63) is 48.6 Å². The van der Waals surface area contributed by atoms with Crippen LogP contribution in [0.5, 0.6) is 0 Å². The Kier molecular flexibility index (Phi) is 13.4. The summed E-state index contributed by atoms with van der Waals surface area (Å²) in [4.78, 5) is 73.3. The molecule has 1 aromatic carbocycles. The van der Waals surface area contributed by atoms with Crippen molar-refractivity contribution >= 4 is 46.8 Å². The van der Waals surface area contributed by atoms with Crippen LogP contribution in [0.2, 0.25) is 0 Å². The van der Waals surface area contributed by atoms with Crippen molar-refractivity contribution in [1.82, 2.24) is 31.9 Å². The molecule has 0 bridgehead atoms. The second-order valence-corrected chi connectivity index (χ2v) is 9.87. The van der Waals surface area contributed by atoms with Crippen LogP contribution in [0, 0.1) is 0 Å². The van der Waals surface area contributed by atoms with Gasteiger partial charge in [0.05, 0.1) is 13.2 Å². The van der Waals surface area contributed by atoms with E-state index >= 15 is 0 Å². The molecular weight excluding hydrogens is 576 g/mol. The number of carbonyl (C=O) groups is 6. The second-order valence-electron chi connectivity index (χ2n) is 9.87. The summed E-state index contributed by atoms with van der Waals surface area (Å²) in [5.74, 6) is -2.91. The SMILES string of the molecule is O=C(CCNC(=O)[C@H](CO)NC(=O)[C@@H]1C=CCN1)Nc1ccc(NC(=O)CCNC(=O)[C@H](CO)NC(=O)[C@H]2C=CCN2)cc1. The van der Waals surface area contributed by atoms with Gasteiger partial charge in [0.1, 0.15) is 24.2 Å². The summed E-state index contributed by atoms with van der Waals surface area (Å²) in [6, 6.07) is 2.84. The molecule has 10 N–H and O–H groups in total. The summed E-state index contributed by atoms with van der Waals surface area (Å²) in [5, 5.41) is 40.0. The Morgan fingerprint density at radius 1 is 0.682 bits per heavy atom. The summed E-state index contributed by atoms with van der Waals surface area (Å²) >= 11 is 0. The molecule has 6 amide bonds. The maximum Gasteiger partial charge on any atom is 0.244 e. The van der Waals surface area contributed by atoms with E-state index in [-0.39, 0.29) is 25.9 Å². The fourth-order valence-corrected chi connectivity index (χ4v) is 4.13. The predicted molar refractivity (Wildman–Crippen MR) is 159 cm³/mol. The zero-order valence-electron chi connectivity index (χ0n) is 23.9. The molecule has 0 unspecified atom stereocenters. The maximum atomic E-state index is 12.3. The Morgan fingerprint density at radius 3 is 1.39 bits per heavy atom. The Balaban J connectivity index is 1.31. The number of rotatable bonds is 16. The molecule has 0 aromatic heterocycles.